The minimum absolute atomic E-state index is 0.00357. The lowest BCUT2D eigenvalue weighted by Crippen LogP contribution is -2.53. The number of likely N-dealkylation sites (N-methyl/N-ethyl adjacent to an activating group) is 1. The number of hydrogen-bond donors (Lipinski definition) is 1. The van der Waals surface area contributed by atoms with Gasteiger partial charge in [-0.2, -0.15) is 0 Å². The zero-order valence-corrected chi connectivity index (χ0v) is 24.1. The maximum Gasteiger partial charge on any atom is 0.264 e. The monoisotopic (exact) mass is 589 g/mol. The van der Waals surface area contributed by atoms with E-state index in [1.54, 1.807) is 42.5 Å². The Labute approximate surface area is 245 Å². The molecule has 0 radical (unpaired) electrons. The average Bonchev–Trinajstić information content (AvgIpc) is 3.02. The molecule has 8 nitrogen and oxygen atoms in total. The van der Waals surface area contributed by atoms with E-state index in [-0.39, 0.29) is 23.5 Å². The molecule has 0 saturated heterocycles. The van der Waals surface area contributed by atoms with Gasteiger partial charge in [-0.05, 0) is 59.7 Å². The van der Waals surface area contributed by atoms with Gasteiger partial charge in [0.25, 0.3) is 10.0 Å². The number of rotatable bonds is 12. The van der Waals surface area contributed by atoms with E-state index in [0.717, 1.165) is 22.0 Å². The minimum Gasteiger partial charge on any atom is -0.497 e. The summed E-state index contributed by atoms with van der Waals surface area (Å²) < 4.78 is 47.8. The lowest BCUT2D eigenvalue weighted by Gasteiger charge is -2.33. The van der Waals surface area contributed by atoms with Crippen LogP contribution in [0.1, 0.15) is 11.1 Å². The van der Waals surface area contributed by atoms with Crippen molar-refractivity contribution < 1.29 is 27.1 Å². The first-order valence-electron chi connectivity index (χ1n) is 13.2. The third-order valence-corrected chi connectivity index (χ3v) is 8.52. The number of carbonyl (C=O) groups excluding carboxylic acids is 2. The normalized spacial score (nSPS) is 11.8. The molecule has 0 saturated carbocycles. The molecule has 0 bridgehead atoms. The van der Waals surface area contributed by atoms with Crippen LogP contribution in [0.5, 0.6) is 5.75 Å². The van der Waals surface area contributed by atoms with Crippen LogP contribution in [0.15, 0.2) is 114 Å². The summed E-state index contributed by atoms with van der Waals surface area (Å²) in [4.78, 5) is 28.8. The van der Waals surface area contributed by atoms with Crippen molar-refractivity contribution in [1.82, 2.24) is 10.2 Å². The number of carbonyl (C=O) groups is 2. The van der Waals surface area contributed by atoms with E-state index in [9.17, 15) is 22.4 Å². The number of amides is 2. The van der Waals surface area contributed by atoms with E-state index in [0.29, 0.717) is 11.3 Å². The molecule has 0 heterocycles. The fourth-order valence-electron chi connectivity index (χ4n) is 4.54. The van der Waals surface area contributed by atoms with Crippen LogP contribution in [-0.4, -0.2) is 51.9 Å². The smallest absolute Gasteiger partial charge is 0.264 e. The van der Waals surface area contributed by atoms with Crippen molar-refractivity contribution >= 4 is 27.5 Å². The van der Waals surface area contributed by atoms with Crippen LogP contribution in [0.4, 0.5) is 10.1 Å². The van der Waals surface area contributed by atoms with Crippen LogP contribution in [-0.2, 0) is 32.6 Å². The summed E-state index contributed by atoms with van der Waals surface area (Å²) in [5.41, 5.74) is 1.61. The summed E-state index contributed by atoms with van der Waals surface area (Å²) in [5.74, 6) is -1.01. The first-order valence-corrected chi connectivity index (χ1v) is 14.7. The van der Waals surface area contributed by atoms with Gasteiger partial charge in [-0.15, -0.1) is 0 Å². The van der Waals surface area contributed by atoms with E-state index in [1.165, 1.54) is 43.3 Å². The molecule has 4 aromatic rings. The molecule has 0 aliphatic rings. The number of nitrogens with zero attached hydrogens (tertiary/aromatic N) is 2. The number of nitrogens with one attached hydrogen (secondary N) is 1. The van der Waals surface area contributed by atoms with Gasteiger partial charge in [0.15, 0.2) is 0 Å². The zero-order chi connectivity index (χ0) is 30.1. The molecule has 0 unspecified atom stereocenters. The Balaban J connectivity index is 1.78. The summed E-state index contributed by atoms with van der Waals surface area (Å²) >= 11 is 0. The molecular formula is C32H32FN3O5S. The molecule has 1 N–H and O–H groups in total. The minimum atomic E-state index is -4.25. The highest BCUT2D eigenvalue weighted by molar-refractivity contribution is 7.92. The lowest BCUT2D eigenvalue weighted by atomic mass is 10.0. The average molecular weight is 590 g/mol. The van der Waals surface area contributed by atoms with Crippen LogP contribution in [0.2, 0.25) is 0 Å². The van der Waals surface area contributed by atoms with Crippen molar-refractivity contribution in [3.63, 3.8) is 0 Å². The summed E-state index contributed by atoms with van der Waals surface area (Å²) in [5, 5.41) is 2.65. The Morgan fingerprint density at radius 3 is 2.10 bits per heavy atom. The van der Waals surface area contributed by atoms with Gasteiger partial charge in [-0.25, -0.2) is 12.8 Å². The third-order valence-electron chi connectivity index (χ3n) is 6.73. The standard InChI is InChI=1S/C32H32FN3O5S/c1-34-32(38)30(21-24-10-5-3-6-11-24)35(22-25-12-9-13-28(20-25)41-2)31(37)23-36(27-18-16-26(33)17-19-27)42(39,40)29-14-7-4-8-15-29/h3-20,30H,21-23H2,1-2H3,(H,34,38)/t30-/m0/s1. The van der Waals surface area contributed by atoms with Crippen LogP contribution in [0.3, 0.4) is 0 Å². The Morgan fingerprint density at radius 1 is 0.857 bits per heavy atom. The van der Waals surface area contributed by atoms with Gasteiger partial charge in [-0.3, -0.25) is 13.9 Å². The molecule has 0 aromatic heterocycles. The highest BCUT2D eigenvalue weighted by Gasteiger charge is 2.34. The van der Waals surface area contributed by atoms with Gasteiger partial charge < -0.3 is 15.0 Å². The second-order valence-corrected chi connectivity index (χ2v) is 11.4. The van der Waals surface area contributed by atoms with Crippen molar-refractivity contribution in [3.8, 4) is 5.75 Å². The lowest BCUT2D eigenvalue weighted by molar-refractivity contribution is -0.139. The van der Waals surface area contributed by atoms with Gasteiger partial charge in [0.05, 0.1) is 17.7 Å². The van der Waals surface area contributed by atoms with Crippen molar-refractivity contribution in [1.29, 1.82) is 0 Å². The van der Waals surface area contributed by atoms with Gasteiger partial charge in [-0.1, -0.05) is 60.7 Å². The quantitative estimate of drug-likeness (QED) is 0.264. The first kappa shape index (κ1) is 30.3. The number of ether oxygens (including phenoxy) is 1. The van der Waals surface area contributed by atoms with E-state index >= 15 is 0 Å². The molecule has 4 aromatic carbocycles. The SMILES string of the molecule is CNC(=O)[C@H](Cc1ccccc1)N(Cc1cccc(OC)c1)C(=O)CN(c1ccc(F)cc1)S(=O)(=O)c1ccccc1. The predicted molar refractivity (Wildman–Crippen MR) is 159 cm³/mol. The third kappa shape index (κ3) is 7.32. The van der Waals surface area contributed by atoms with Crippen LogP contribution in [0.25, 0.3) is 0 Å². The molecule has 0 aliphatic heterocycles. The van der Waals surface area contributed by atoms with Crippen molar-refractivity contribution in [2.24, 2.45) is 0 Å². The molecular weight excluding hydrogens is 557 g/mol. The summed E-state index contributed by atoms with van der Waals surface area (Å²) in [6, 6.07) is 27.9. The van der Waals surface area contributed by atoms with E-state index in [4.69, 9.17) is 4.74 Å². The summed E-state index contributed by atoms with van der Waals surface area (Å²) in [7, 11) is -1.23. The number of sulfonamides is 1. The number of methoxy groups -OCH3 is 1. The predicted octanol–water partition coefficient (Wildman–Crippen LogP) is 4.42. The van der Waals surface area contributed by atoms with Gasteiger partial charge in [0.2, 0.25) is 11.8 Å². The number of benzene rings is 4. The van der Waals surface area contributed by atoms with E-state index in [2.05, 4.69) is 5.32 Å². The number of anilines is 1. The van der Waals surface area contributed by atoms with Gasteiger partial charge in [0, 0.05) is 20.0 Å². The molecule has 1 atom stereocenters. The summed E-state index contributed by atoms with van der Waals surface area (Å²) in [6.07, 6.45) is 0.193. The van der Waals surface area contributed by atoms with Crippen molar-refractivity contribution in [2.45, 2.75) is 23.9 Å². The second-order valence-electron chi connectivity index (χ2n) is 9.49. The van der Waals surface area contributed by atoms with Crippen LogP contribution < -0.4 is 14.4 Å². The van der Waals surface area contributed by atoms with Gasteiger partial charge in [0.1, 0.15) is 24.2 Å². The molecule has 4 rings (SSSR count). The fraction of sp³-hybridized carbons (Fsp3) is 0.188. The van der Waals surface area contributed by atoms with Crippen LogP contribution >= 0.6 is 0 Å². The Bertz CT molecular complexity index is 1600. The molecule has 10 heteroatoms. The highest BCUT2D eigenvalue weighted by atomic mass is 32.2. The molecule has 42 heavy (non-hydrogen) atoms. The Kier molecular flexibility index (Phi) is 9.93. The maximum atomic E-state index is 14.2. The molecule has 218 valence electrons. The number of hydrogen-bond acceptors (Lipinski definition) is 5. The zero-order valence-electron chi connectivity index (χ0n) is 23.3. The largest absolute Gasteiger partial charge is 0.497 e. The molecule has 2 amide bonds. The molecule has 0 aliphatic carbocycles. The topological polar surface area (TPSA) is 96.0 Å². The number of halogens is 1. The highest BCUT2D eigenvalue weighted by Crippen LogP contribution is 2.25. The Morgan fingerprint density at radius 2 is 1.48 bits per heavy atom. The van der Waals surface area contributed by atoms with Crippen molar-refractivity contribution in [3.05, 3.63) is 126 Å². The van der Waals surface area contributed by atoms with Gasteiger partial charge >= 0.3 is 0 Å². The van der Waals surface area contributed by atoms with E-state index in [1.807, 2.05) is 30.3 Å². The van der Waals surface area contributed by atoms with Crippen LogP contribution in [0, 0.1) is 5.82 Å². The maximum absolute atomic E-state index is 14.2. The van der Waals surface area contributed by atoms with E-state index < -0.39 is 40.2 Å². The van der Waals surface area contributed by atoms with Crippen molar-refractivity contribution in [2.75, 3.05) is 25.0 Å². The first-order chi connectivity index (χ1) is 20.2. The second kappa shape index (κ2) is 13.8. The molecule has 0 fully saturated rings. The molecule has 0 spiro atoms. The fourth-order valence-corrected chi connectivity index (χ4v) is 5.98. The Hall–Kier alpha value is -4.70. The summed E-state index contributed by atoms with van der Waals surface area (Å²) in [6.45, 7) is -0.626.